The molecule has 100 valence electrons. The molecule has 1 aromatic carbocycles. The normalized spacial score (nSPS) is 10.8. The van der Waals surface area contributed by atoms with Crippen LogP contribution in [0.15, 0.2) is 24.3 Å². The molecular formula is C15H24N2O. The largest absolute Gasteiger partial charge is 0.335 e. The van der Waals surface area contributed by atoms with Crippen LogP contribution in [0.4, 0.5) is 10.5 Å². The second-order valence-electron chi connectivity index (χ2n) is 4.89. The molecule has 0 radical (unpaired) electrons. The van der Waals surface area contributed by atoms with Gasteiger partial charge in [-0.05, 0) is 36.5 Å². The number of hydrogen-bond donors (Lipinski definition) is 2. The Morgan fingerprint density at radius 1 is 1.22 bits per heavy atom. The molecule has 0 aliphatic carbocycles. The van der Waals surface area contributed by atoms with E-state index in [1.165, 1.54) is 5.56 Å². The molecule has 0 aromatic heterocycles. The van der Waals surface area contributed by atoms with Crippen molar-refractivity contribution in [2.45, 2.75) is 52.5 Å². The van der Waals surface area contributed by atoms with Crippen LogP contribution in [0, 0.1) is 0 Å². The predicted molar refractivity (Wildman–Crippen MR) is 77.1 cm³/mol. The average molecular weight is 248 g/mol. The Balaban J connectivity index is 2.61. The van der Waals surface area contributed by atoms with Gasteiger partial charge in [-0.25, -0.2) is 4.79 Å². The van der Waals surface area contributed by atoms with Crippen molar-refractivity contribution in [3.8, 4) is 0 Å². The van der Waals surface area contributed by atoms with Crippen molar-refractivity contribution in [2.75, 3.05) is 5.32 Å². The summed E-state index contributed by atoms with van der Waals surface area (Å²) >= 11 is 0. The zero-order valence-corrected chi connectivity index (χ0v) is 11.8. The maximum absolute atomic E-state index is 11.8. The molecule has 2 amide bonds. The number of hydrogen-bond acceptors (Lipinski definition) is 1. The molecule has 0 saturated heterocycles. The van der Waals surface area contributed by atoms with E-state index in [1.807, 2.05) is 18.2 Å². The highest BCUT2D eigenvalue weighted by Crippen LogP contribution is 2.18. The Morgan fingerprint density at radius 3 is 2.44 bits per heavy atom. The van der Waals surface area contributed by atoms with E-state index in [-0.39, 0.29) is 12.1 Å². The average Bonchev–Trinajstić information content (AvgIpc) is 2.36. The van der Waals surface area contributed by atoms with Crippen molar-refractivity contribution in [2.24, 2.45) is 0 Å². The molecule has 0 spiro atoms. The third-order valence-electron chi connectivity index (χ3n) is 3.13. The van der Waals surface area contributed by atoms with Gasteiger partial charge in [0.15, 0.2) is 0 Å². The van der Waals surface area contributed by atoms with E-state index in [9.17, 15) is 4.79 Å². The van der Waals surface area contributed by atoms with Crippen LogP contribution in [0.2, 0.25) is 0 Å². The molecular weight excluding hydrogens is 224 g/mol. The quantitative estimate of drug-likeness (QED) is 0.808. The highest BCUT2D eigenvalue weighted by molar-refractivity contribution is 5.89. The Morgan fingerprint density at radius 2 is 1.89 bits per heavy atom. The summed E-state index contributed by atoms with van der Waals surface area (Å²) in [7, 11) is 0. The lowest BCUT2D eigenvalue weighted by Gasteiger charge is -2.16. The lowest BCUT2D eigenvalue weighted by Crippen LogP contribution is -2.37. The number of urea groups is 1. The minimum absolute atomic E-state index is 0.121. The number of carbonyl (C=O) groups excluding carboxylic acids is 1. The smallest absolute Gasteiger partial charge is 0.319 e. The van der Waals surface area contributed by atoms with Gasteiger partial charge in [-0.3, -0.25) is 0 Å². The van der Waals surface area contributed by atoms with Crippen molar-refractivity contribution in [1.29, 1.82) is 0 Å². The van der Waals surface area contributed by atoms with Gasteiger partial charge in [-0.2, -0.15) is 0 Å². The predicted octanol–water partition coefficient (Wildman–Crippen LogP) is 4.12. The third-order valence-corrected chi connectivity index (χ3v) is 3.13. The van der Waals surface area contributed by atoms with Crippen molar-refractivity contribution in [3.63, 3.8) is 0 Å². The van der Waals surface area contributed by atoms with E-state index in [0.29, 0.717) is 5.92 Å². The number of anilines is 1. The highest BCUT2D eigenvalue weighted by Gasteiger charge is 2.08. The molecule has 0 heterocycles. The Bertz CT molecular complexity index is 384. The summed E-state index contributed by atoms with van der Waals surface area (Å²) in [5.41, 5.74) is 2.08. The zero-order chi connectivity index (χ0) is 13.5. The molecule has 18 heavy (non-hydrogen) atoms. The van der Waals surface area contributed by atoms with Gasteiger partial charge in [0, 0.05) is 11.7 Å². The fourth-order valence-electron chi connectivity index (χ4n) is 1.82. The molecule has 3 heteroatoms. The van der Waals surface area contributed by atoms with Crippen LogP contribution in [0.25, 0.3) is 0 Å². The molecule has 0 unspecified atom stereocenters. The number of carbonyl (C=O) groups is 1. The summed E-state index contributed by atoms with van der Waals surface area (Å²) in [5, 5.41) is 5.85. The molecule has 0 aliphatic rings. The SMILES string of the molecule is CCC(CC)NC(=O)Nc1cccc(C(C)C)c1. The molecule has 1 rings (SSSR count). The van der Waals surface area contributed by atoms with Gasteiger partial charge in [0.25, 0.3) is 0 Å². The van der Waals surface area contributed by atoms with Crippen LogP contribution in [0.3, 0.4) is 0 Å². The maximum atomic E-state index is 11.8. The highest BCUT2D eigenvalue weighted by atomic mass is 16.2. The van der Waals surface area contributed by atoms with E-state index in [1.54, 1.807) is 0 Å². The van der Waals surface area contributed by atoms with Gasteiger partial charge in [-0.1, -0.05) is 39.8 Å². The van der Waals surface area contributed by atoms with Crippen molar-refractivity contribution in [1.82, 2.24) is 5.32 Å². The lowest BCUT2D eigenvalue weighted by atomic mass is 10.0. The second kappa shape index (κ2) is 7.04. The van der Waals surface area contributed by atoms with Crippen molar-refractivity contribution >= 4 is 11.7 Å². The number of amides is 2. The van der Waals surface area contributed by atoms with Crippen LogP contribution in [-0.4, -0.2) is 12.1 Å². The monoisotopic (exact) mass is 248 g/mol. The first-order chi connectivity index (χ1) is 8.56. The van der Waals surface area contributed by atoms with Crippen molar-refractivity contribution in [3.05, 3.63) is 29.8 Å². The van der Waals surface area contributed by atoms with Crippen LogP contribution in [0.1, 0.15) is 52.0 Å². The fourth-order valence-corrected chi connectivity index (χ4v) is 1.82. The van der Waals surface area contributed by atoms with Crippen LogP contribution >= 0.6 is 0 Å². The lowest BCUT2D eigenvalue weighted by molar-refractivity contribution is 0.247. The van der Waals surface area contributed by atoms with Gasteiger partial charge in [-0.15, -0.1) is 0 Å². The number of benzene rings is 1. The first kappa shape index (κ1) is 14.6. The first-order valence-electron chi connectivity index (χ1n) is 6.74. The summed E-state index contributed by atoms with van der Waals surface area (Å²) in [6.07, 6.45) is 1.91. The van der Waals surface area contributed by atoms with E-state index >= 15 is 0 Å². The second-order valence-corrected chi connectivity index (χ2v) is 4.89. The molecule has 0 bridgehead atoms. The van der Waals surface area contributed by atoms with Crippen molar-refractivity contribution < 1.29 is 4.79 Å². The summed E-state index contributed by atoms with van der Waals surface area (Å²) in [5.74, 6) is 0.467. The van der Waals surface area contributed by atoms with Gasteiger partial charge in [0.05, 0.1) is 0 Å². The van der Waals surface area contributed by atoms with E-state index in [2.05, 4.69) is 44.4 Å². The summed E-state index contributed by atoms with van der Waals surface area (Å²) in [4.78, 5) is 11.8. The van der Waals surface area contributed by atoms with Gasteiger partial charge >= 0.3 is 6.03 Å². The topological polar surface area (TPSA) is 41.1 Å². The summed E-state index contributed by atoms with van der Waals surface area (Å²) in [6, 6.07) is 8.12. The molecule has 3 nitrogen and oxygen atoms in total. The zero-order valence-electron chi connectivity index (χ0n) is 11.8. The molecule has 0 aliphatic heterocycles. The molecule has 1 aromatic rings. The number of nitrogens with one attached hydrogen (secondary N) is 2. The number of rotatable bonds is 5. The molecule has 0 fully saturated rings. The minimum atomic E-state index is -0.121. The fraction of sp³-hybridized carbons (Fsp3) is 0.533. The van der Waals surface area contributed by atoms with Crippen LogP contribution < -0.4 is 10.6 Å². The Hall–Kier alpha value is -1.51. The van der Waals surface area contributed by atoms with Gasteiger partial charge < -0.3 is 10.6 Å². The maximum Gasteiger partial charge on any atom is 0.319 e. The van der Waals surface area contributed by atoms with Crippen LogP contribution in [-0.2, 0) is 0 Å². The molecule has 0 atom stereocenters. The van der Waals surface area contributed by atoms with Crippen LogP contribution in [0.5, 0.6) is 0 Å². The summed E-state index contributed by atoms with van der Waals surface area (Å²) < 4.78 is 0. The van der Waals surface area contributed by atoms with Gasteiger partial charge in [0.1, 0.15) is 0 Å². The Labute approximate surface area is 110 Å². The standard InChI is InChI=1S/C15H24N2O/c1-5-13(6-2)16-15(18)17-14-9-7-8-12(10-14)11(3)4/h7-11,13H,5-6H2,1-4H3,(H2,16,17,18). The Kier molecular flexibility index (Phi) is 5.69. The molecule has 2 N–H and O–H groups in total. The van der Waals surface area contributed by atoms with E-state index in [0.717, 1.165) is 18.5 Å². The first-order valence-corrected chi connectivity index (χ1v) is 6.74. The molecule has 0 saturated carbocycles. The third kappa shape index (κ3) is 4.40. The van der Waals surface area contributed by atoms with Gasteiger partial charge in [0.2, 0.25) is 0 Å². The summed E-state index contributed by atoms with van der Waals surface area (Å²) in [6.45, 7) is 8.44. The van der Waals surface area contributed by atoms with E-state index in [4.69, 9.17) is 0 Å². The van der Waals surface area contributed by atoms with E-state index < -0.39 is 0 Å². The minimum Gasteiger partial charge on any atom is -0.335 e.